The molecule has 126 valence electrons. The summed E-state index contributed by atoms with van der Waals surface area (Å²) in [4.78, 5) is 5.33. The first-order valence-electron chi connectivity index (χ1n) is 7.29. The second-order valence-corrected chi connectivity index (χ2v) is 6.73. The molecule has 0 unspecified atom stereocenters. The van der Waals surface area contributed by atoms with Gasteiger partial charge in [-0.2, -0.15) is 4.98 Å². The molecule has 0 atom stereocenters. The van der Waals surface area contributed by atoms with E-state index in [-0.39, 0.29) is 0 Å². The zero-order chi connectivity index (χ0) is 17.1. The SMILES string of the molecule is COc1ccccc1-c1nnc(SCc2nc(-c3cccs3)no2)o1. The molecule has 0 spiro atoms. The van der Waals surface area contributed by atoms with E-state index in [9.17, 15) is 0 Å². The Morgan fingerprint density at radius 2 is 2.08 bits per heavy atom. The lowest BCUT2D eigenvalue weighted by atomic mass is 10.2. The van der Waals surface area contributed by atoms with Crippen molar-refractivity contribution >= 4 is 23.1 Å². The number of aromatic nitrogens is 4. The molecule has 0 N–H and O–H groups in total. The standard InChI is InChI=1S/C16H12N4O3S2/c1-21-11-6-3-2-5-10(11)15-18-19-16(22-15)25-9-13-17-14(20-23-13)12-7-4-8-24-12/h2-8H,9H2,1H3. The molecule has 0 fully saturated rings. The maximum Gasteiger partial charge on any atom is 0.277 e. The maximum atomic E-state index is 5.69. The van der Waals surface area contributed by atoms with Crippen molar-refractivity contribution in [1.82, 2.24) is 20.3 Å². The summed E-state index contributed by atoms with van der Waals surface area (Å²) in [6.07, 6.45) is 0. The van der Waals surface area contributed by atoms with Gasteiger partial charge in [-0.1, -0.05) is 35.1 Å². The lowest BCUT2D eigenvalue weighted by molar-refractivity contribution is 0.390. The van der Waals surface area contributed by atoms with E-state index in [1.165, 1.54) is 11.8 Å². The van der Waals surface area contributed by atoms with Gasteiger partial charge in [-0.3, -0.25) is 0 Å². The van der Waals surface area contributed by atoms with Crippen molar-refractivity contribution in [2.24, 2.45) is 0 Å². The molecule has 3 heterocycles. The van der Waals surface area contributed by atoms with E-state index >= 15 is 0 Å². The Morgan fingerprint density at radius 1 is 1.16 bits per heavy atom. The number of benzene rings is 1. The lowest BCUT2D eigenvalue weighted by Gasteiger charge is -2.03. The Balaban J connectivity index is 1.45. The topological polar surface area (TPSA) is 87.1 Å². The summed E-state index contributed by atoms with van der Waals surface area (Å²) in [6, 6.07) is 11.4. The van der Waals surface area contributed by atoms with Crippen LogP contribution < -0.4 is 4.74 Å². The summed E-state index contributed by atoms with van der Waals surface area (Å²) >= 11 is 2.90. The molecule has 9 heteroatoms. The molecule has 0 radical (unpaired) electrons. The number of nitrogens with zero attached hydrogens (tertiary/aromatic N) is 4. The molecule has 0 saturated heterocycles. The largest absolute Gasteiger partial charge is 0.496 e. The molecule has 4 rings (SSSR count). The van der Waals surface area contributed by atoms with Crippen LogP contribution in [0.2, 0.25) is 0 Å². The van der Waals surface area contributed by atoms with E-state index in [0.29, 0.717) is 34.3 Å². The summed E-state index contributed by atoms with van der Waals surface area (Å²) < 4.78 is 16.2. The van der Waals surface area contributed by atoms with Gasteiger partial charge in [0, 0.05) is 0 Å². The van der Waals surface area contributed by atoms with Gasteiger partial charge in [0.05, 0.1) is 23.3 Å². The Hall–Kier alpha value is -2.65. The minimum Gasteiger partial charge on any atom is -0.496 e. The Morgan fingerprint density at radius 3 is 2.92 bits per heavy atom. The minimum atomic E-state index is 0.407. The number of thiophene rings is 1. The highest BCUT2D eigenvalue weighted by atomic mass is 32.2. The number of para-hydroxylation sites is 1. The molecule has 0 aliphatic heterocycles. The van der Waals surface area contributed by atoms with E-state index in [1.54, 1.807) is 18.4 Å². The predicted molar refractivity (Wildman–Crippen MR) is 93.5 cm³/mol. The molecule has 0 aliphatic rings. The first kappa shape index (κ1) is 15.9. The monoisotopic (exact) mass is 372 g/mol. The van der Waals surface area contributed by atoms with Gasteiger partial charge in [-0.25, -0.2) is 0 Å². The highest BCUT2D eigenvalue weighted by Gasteiger charge is 2.15. The van der Waals surface area contributed by atoms with Gasteiger partial charge in [0.2, 0.25) is 11.7 Å². The van der Waals surface area contributed by atoms with Gasteiger partial charge in [-0.05, 0) is 23.6 Å². The van der Waals surface area contributed by atoms with Crippen molar-refractivity contribution in [3.05, 3.63) is 47.7 Å². The number of rotatable bonds is 6. The van der Waals surface area contributed by atoms with Crippen molar-refractivity contribution in [3.8, 4) is 27.9 Å². The van der Waals surface area contributed by atoms with Crippen molar-refractivity contribution < 1.29 is 13.7 Å². The molecule has 25 heavy (non-hydrogen) atoms. The van der Waals surface area contributed by atoms with Crippen molar-refractivity contribution in [2.45, 2.75) is 11.0 Å². The number of ether oxygens (including phenoxy) is 1. The first-order valence-corrected chi connectivity index (χ1v) is 9.16. The van der Waals surface area contributed by atoms with Gasteiger partial charge in [-0.15, -0.1) is 21.5 Å². The summed E-state index contributed by atoms with van der Waals surface area (Å²) in [5, 5.41) is 14.5. The fourth-order valence-corrected chi connectivity index (χ4v) is 3.39. The summed E-state index contributed by atoms with van der Waals surface area (Å²) in [6.45, 7) is 0. The van der Waals surface area contributed by atoms with Gasteiger partial charge >= 0.3 is 0 Å². The Kier molecular flexibility index (Phi) is 4.49. The van der Waals surface area contributed by atoms with Gasteiger partial charge in [0.15, 0.2) is 0 Å². The smallest absolute Gasteiger partial charge is 0.277 e. The van der Waals surface area contributed by atoms with Crippen LogP contribution in [0.25, 0.3) is 22.2 Å². The van der Waals surface area contributed by atoms with Crippen LogP contribution in [0, 0.1) is 0 Å². The van der Waals surface area contributed by atoms with Crippen LogP contribution in [0.1, 0.15) is 5.89 Å². The average molecular weight is 372 g/mol. The van der Waals surface area contributed by atoms with Gasteiger partial charge < -0.3 is 13.7 Å². The molecule has 0 aliphatic carbocycles. The highest BCUT2D eigenvalue weighted by molar-refractivity contribution is 7.98. The molecule has 0 bridgehead atoms. The summed E-state index contributed by atoms with van der Waals surface area (Å²) in [5.41, 5.74) is 0.752. The summed E-state index contributed by atoms with van der Waals surface area (Å²) in [5.74, 6) is 2.63. The third-order valence-electron chi connectivity index (χ3n) is 3.27. The molecule has 1 aromatic carbocycles. The quantitative estimate of drug-likeness (QED) is 0.467. The Bertz CT molecular complexity index is 965. The number of hydrogen-bond donors (Lipinski definition) is 0. The van der Waals surface area contributed by atoms with E-state index in [0.717, 1.165) is 10.4 Å². The molecule has 0 amide bonds. The third-order valence-corrected chi connectivity index (χ3v) is 4.94. The number of hydrogen-bond acceptors (Lipinski definition) is 9. The van der Waals surface area contributed by atoms with Crippen LogP contribution in [0.3, 0.4) is 0 Å². The van der Waals surface area contributed by atoms with Crippen LogP contribution in [-0.2, 0) is 5.75 Å². The molecule has 7 nitrogen and oxygen atoms in total. The second-order valence-electron chi connectivity index (χ2n) is 4.85. The highest BCUT2D eigenvalue weighted by Crippen LogP contribution is 2.31. The lowest BCUT2D eigenvalue weighted by Crippen LogP contribution is -1.87. The minimum absolute atomic E-state index is 0.407. The first-order chi connectivity index (χ1) is 12.3. The van der Waals surface area contributed by atoms with Crippen molar-refractivity contribution in [3.63, 3.8) is 0 Å². The zero-order valence-electron chi connectivity index (χ0n) is 13.1. The van der Waals surface area contributed by atoms with Gasteiger partial charge in [0.25, 0.3) is 11.1 Å². The van der Waals surface area contributed by atoms with Gasteiger partial charge in [0.1, 0.15) is 5.75 Å². The van der Waals surface area contributed by atoms with E-state index < -0.39 is 0 Å². The fourth-order valence-electron chi connectivity index (χ4n) is 2.14. The van der Waals surface area contributed by atoms with E-state index in [4.69, 9.17) is 13.7 Å². The van der Waals surface area contributed by atoms with Crippen LogP contribution in [0.15, 0.2) is 55.9 Å². The average Bonchev–Trinajstić information content (AvgIpc) is 3.40. The second kappa shape index (κ2) is 7.08. The van der Waals surface area contributed by atoms with E-state index in [2.05, 4.69) is 20.3 Å². The molecular formula is C16H12N4O3S2. The predicted octanol–water partition coefficient (Wildman–Crippen LogP) is 4.15. The molecule has 3 aromatic heterocycles. The molecule has 4 aromatic rings. The Labute approximate surface area is 151 Å². The van der Waals surface area contributed by atoms with Crippen LogP contribution in [0.4, 0.5) is 0 Å². The number of thioether (sulfide) groups is 1. The summed E-state index contributed by atoms with van der Waals surface area (Å²) in [7, 11) is 1.60. The third kappa shape index (κ3) is 3.42. The fraction of sp³-hybridized carbons (Fsp3) is 0.125. The van der Waals surface area contributed by atoms with Crippen molar-refractivity contribution in [1.29, 1.82) is 0 Å². The van der Waals surface area contributed by atoms with Crippen LogP contribution in [-0.4, -0.2) is 27.4 Å². The van der Waals surface area contributed by atoms with Crippen LogP contribution >= 0.6 is 23.1 Å². The van der Waals surface area contributed by atoms with Crippen molar-refractivity contribution in [2.75, 3.05) is 7.11 Å². The molecule has 0 saturated carbocycles. The maximum absolute atomic E-state index is 5.69. The zero-order valence-corrected chi connectivity index (χ0v) is 14.7. The van der Waals surface area contributed by atoms with E-state index in [1.807, 2.05) is 41.8 Å². The number of methoxy groups -OCH3 is 1. The normalized spacial score (nSPS) is 10.9. The van der Waals surface area contributed by atoms with Crippen LogP contribution in [0.5, 0.6) is 5.75 Å². The molecular weight excluding hydrogens is 360 g/mol.